The van der Waals surface area contributed by atoms with E-state index in [0.717, 1.165) is 24.3 Å². The predicted octanol–water partition coefficient (Wildman–Crippen LogP) is 3.03. The van der Waals surface area contributed by atoms with E-state index in [2.05, 4.69) is 39.8 Å². The van der Waals surface area contributed by atoms with Crippen LogP contribution in [0.1, 0.15) is 18.4 Å². The highest BCUT2D eigenvalue weighted by atomic mass is 32.1. The second-order valence-corrected chi connectivity index (χ2v) is 7.45. The van der Waals surface area contributed by atoms with Crippen molar-refractivity contribution in [3.8, 4) is 11.3 Å². The summed E-state index contributed by atoms with van der Waals surface area (Å²) in [4.78, 5) is 17.7. The zero-order chi connectivity index (χ0) is 18.0. The second kappa shape index (κ2) is 7.01. The van der Waals surface area contributed by atoms with Gasteiger partial charge in [0.2, 0.25) is 0 Å². The minimum Gasteiger partial charge on any atom is -0.317 e. The number of carbonyl (C=O) groups excluding carboxylic acids is 1. The summed E-state index contributed by atoms with van der Waals surface area (Å²) >= 11 is 1.45. The highest BCUT2D eigenvalue weighted by Gasteiger charge is 2.42. The smallest absolute Gasteiger partial charge is 0.254 e. The van der Waals surface area contributed by atoms with Gasteiger partial charge in [0.15, 0.2) is 5.13 Å². The van der Waals surface area contributed by atoms with Gasteiger partial charge in [0.05, 0.1) is 5.69 Å². The van der Waals surface area contributed by atoms with Gasteiger partial charge in [-0.2, -0.15) is 5.10 Å². The molecule has 3 heterocycles. The number of nitrogens with zero attached hydrogens (tertiary/aromatic N) is 3. The second-order valence-electron chi connectivity index (χ2n) is 6.59. The molecule has 0 unspecified atom stereocenters. The fourth-order valence-electron chi connectivity index (χ4n) is 3.32. The van der Waals surface area contributed by atoms with Gasteiger partial charge in [0, 0.05) is 23.3 Å². The standard InChI is InChI=1S/C19H21N5OS/c1-14-3-5-15(6-4-14)16-13-26-18(22-16)23-17(25)19(7-10-20-11-8-19)24-12-2-9-21-24/h2-6,9,12-13,20H,7-8,10-11H2,1H3,(H,22,23,25). The quantitative estimate of drug-likeness (QED) is 0.743. The maximum atomic E-state index is 13.1. The number of benzene rings is 1. The summed E-state index contributed by atoms with van der Waals surface area (Å²) in [6.45, 7) is 3.64. The minimum absolute atomic E-state index is 0.0486. The highest BCUT2D eigenvalue weighted by Crippen LogP contribution is 2.30. The van der Waals surface area contributed by atoms with Gasteiger partial charge in [-0.25, -0.2) is 4.98 Å². The fourth-order valence-corrected chi connectivity index (χ4v) is 4.04. The first-order valence-corrected chi connectivity index (χ1v) is 9.60. The zero-order valence-corrected chi connectivity index (χ0v) is 15.4. The summed E-state index contributed by atoms with van der Waals surface area (Å²) in [6, 6.07) is 10.1. The molecule has 134 valence electrons. The van der Waals surface area contributed by atoms with Crippen LogP contribution in [0, 0.1) is 6.92 Å². The molecule has 2 aromatic heterocycles. The van der Waals surface area contributed by atoms with Gasteiger partial charge in [-0.3, -0.25) is 14.8 Å². The van der Waals surface area contributed by atoms with Crippen molar-refractivity contribution < 1.29 is 4.79 Å². The molecule has 6 nitrogen and oxygen atoms in total. The van der Waals surface area contributed by atoms with E-state index in [1.54, 1.807) is 10.9 Å². The van der Waals surface area contributed by atoms with Crippen LogP contribution in [0.25, 0.3) is 11.3 Å². The van der Waals surface area contributed by atoms with Gasteiger partial charge >= 0.3 is 0 Å². The van der Waals surface area contributed by atoms with Gasteiger partial charge in [-0.15, -0.1) is 11.3 Å². The average Bonchev–Trinajstić information content (AvgIpc) is 3.35. The van der Waals surface area contributed by atoms with Crippen molar-refractivity contribution in [3.05, 3.63) is 53.7 Å². The molecule has 0 radical (unpaired) electrons. The molecule has 1 aliphatic rings. The lowest BCUT2D eigenvalue weighted by atomic mass is 9.87. The van der Waals surface area contributed by atoms with Crippen molar-refractivity contribution in [2.24, 2.45) is 0 Å². The molecule has 1 saturated heterocycles. The molecule has 2 N–H and O–H groups in total. The number of hydrogen-bond donors (Lipinski definition) is 2. The number of aromatic nitrogens is 3. The van der Waals surface area contributed by atoms with E-state index in [0.29, 0.717) is 18.0 Å². The monoisotopic (exact) mass is 367 g/mol. The predicted molar refractivity (Wildman–Crippen MR) is 103 cm³/mol. The first kappa shape index (κ1) is 16.9. The molecule has 0 saturated carbocycles. The van der Waals surface area contributed by atoms with Crippen molar-refractivity contribution in [2.75, 3.05) is 18.4 Å². The van der Waals surface area contributed by atoms with Crippen LogP contribution >= 0.6 is 11.3 Å². The largest absolute Gasteiger partial charge is 0.317 e. The molecule has 4 rings (SSSR count). The molecule has 3 aromatic rings. The number of piperidine rings is 1. The van der Waals surface area contributed by atoms with Crippen LogP contribution in [0.15, 0.2) is 48.1 Å². The van der Waals surface area contributed by atoms with Gasteiger partial charge < -0.3 is 5.32 Å². The Morgan fingerprint density at radius 1 is 1.27 bits per heavy atom. The molecule has 1 aliphatic heterocycles. The first-order valence-electron chi connectivity index (χ1n) is 8.72. The van der Waals surface area contributed by atoms with E-state index in [1.807, 2.05) is 29.8 Å². The Morgan fingerprint density at radius 3 is 2.73 bits per heavy atom. The normalized spacial score (nSPS) is 16.3. The minimum atomic E-state index is -0.662. The van der Waals surface area contributed by atoms with E-state index >= 15 is 0 Å². The number of aryl methyl sites for hydroxylation is 1. The Balaban J connectivity index is 1.56. The molecule has 1 aromatic carbocycles. The van der Waals surface area contributed by atoms with Crippen molar-refractivity contribution in [2.45, 2.75) is 25.3 Å². The van der Waals surface area contributed by atoms with Crippen molar-refractivity contribution in [1.82, 2.24) is 20.1 Å². The molecule has 1 fully saturated rings. The third kappa shape index (κ3) is 3.15. The maximum absolute atomic E-state index is 13.1. The van der Waals surface area contributed by atoms with E-state index < -0.39 is 5.54 Å². The Hall–Kier alpha value is -2.51. The number of carbonyl (C=O) groups is 1. The number of thiazole rings is 1. The van der Waals surface area contributed by atoms with Crippen LogP contribution in [-0.2, 0) is 10.3 Å². The number of hydrogen-bond acceptors (Lipinski definition) is 5. The van der Waals surface area contributed by atoms with Crippen LogP contribution in [-0.4, -0.2) is 33.8 Å². The summed E-state index contributed by atoms with van der Waals surface area (Å²) in [5, 5.41) is 13.3. The summed E-state index contributed by atoms with van der Waals surface area (Å²) in [7, 11) is 0. The summed E-state index contributed by atoms with van der Waals surface area (Å²) in [5.41, 5.74) is 2.48. The zero-order valence-electron chi connectivity index (χ0n) is 14.6. The van der Waals surface area contributed by atoms with E-state index in [9.17, 15) is 4.79 Å². The van der Waals surface area contributed by atoms with Crippen molar-refractivity contribution in [1.29, 1.82) is 0 Å². The number of anilines is 1. The Labute approximate surface area is 156 Å². The van der Waals surface area contributed by atoms with Crippen molar-refractivity contribution in [3.63, 3.8) is 0 Å². The van der Waals surface area contributed by atoms with Crippen LogP contribution < -0.4 is 10.6 Å². The highest BCUT2D eigenvalue weighted by molar-refractivity contribution is 7.14. The fraction of sp³-hybridized carbons (Fsp3) is 0.316. The van der Waals surface area contributed by atoms with Crippen LogP contribution in [0.5, 0.6) is 0 Å². The SMILES string of the molecule is Cc1ccc(-c2csc(NC(=O)C3(n4cccn4)CCNCC3)n2)cc1. The van der Waals surface area contributed by atoms with Gasteiger partial charge in [-0.1, -0.05) is 29.8 Å². The van der Waals surface area contributed by atoms with Gasteiger partial charge in [0.25, 0.3) is 5.91 Å². The lowest BCUT2D eigenvalue weighted by Crippen LogP contribution is -2.52. The Kier molecular flexibility index (Phi) is 4.57. The van der Waals surface area contributed by atoms with E-state index in [-0.39, 0.29) is 5.91 Å². The number of rotatable bonds is 4. The van der Waals surface area contributed by atoms with E-state index in [1.165, 1.54) is 16.9 Å². The third-order valence-electron chi connectivity index (χ3n) is 4.87. The van der Waals surface area contributed by atoms with Crippen LogP contribution in [0.2, 0.25) is 0 Å². The van der Waals surface area contributed by atoms with Crippen LogP contribution in [0.3, 0.4) is 0 Å². The summed E-state index contributed by atoms with van der Waals surface area (Å²) < 4.78 is 1.79. The lowest BCUT2D eigenvalue weighted by molar-refractivity contribution is -0.126. The lowest BCUT2D eigenvalue weighted by Gasteiger charge is -2.36. The Morgan fingerprint density at radius 2 is 2.04 bits per heavy atom. The third-order valence-corrected chi connectivity index (χ3v) is 5.63. The van der Waals surface area contributed by atoms with Crippen LogP contribution in [0.4, 0.5) is 5.13 Å². The molecular weight excluding hydrogens is 346 g/mol. The topological polar surface area (TPSA) is 71.8 Å². The molecule has 0 spiro atoms. The molecule has 1 amide bonds. The summed E-state index contributed by atoms with van der Waals surface area (Å²) in [6.07, 6.45) is 4.99. The molecule has 7 heteroatoms. The first-order chi connectivity index (χ1) is 12.7. The van der Waals surface area contributed by atoms with Crippen molar-refractivity contribution >= 4 is 22.4 Å². The molecule has 0 bridgehead atoms. The maximum Gasteiger partial charge on any atom is 0.254 e. The molecule has 0 atom stereocenters. The molecule has 0 aliphatic carbocycles. The average molecular weight is 367 g/mol. The number of nitrogens with one attached hydrogen (secondary N) is 2. The summed E-state index contributed by atoms with van der Waals surface area (Å²) in [5.74, 6) is -0.0486. The van der Waals surface area contributed by atoms with E-state index in [4.69, 9.17) is 0 Å². The molecular formula is C19H21N5OS. The Bertz CT molecular complexity index is 879. The number of amides is 1. The van der Waals surface area contributed by atoms with Gasteiger partial charge in [0.1, 0.15) is 5.54 Å². The van der Waals surface area contributed by atoms with Gasteiger partial charge in [-0.05, 0) is 38.9 Å². The molecule has 26 heavy (non-hydrogen) atoms.